The predicted octanol–water partition coefficient (Wildman–Crippen LogP) is 4.20. The number of fused-ring (bicyclic) bond motifs is 2. The lowest BCUT2D eigenvalue weighted by Gasteiger charge is -2.46. The lowest BCUT2D eigenvalue weighted by atomic mass is 9.59. The van der Waals surface area contributed by atoms with Crippen molar-refractivity contribution in [3.05, 3.63) is 35.4 Å². The molecule has 182 valence electrons. The molecule has 6 heteroatoms. The zero-order chi connectivity index (χ0) is 23.8. The summed E-state index contributed by atoms with van der Waals surface area (Å²) < 4.78 is 16.8. The molecule has 2 fully saturated rings. The Labute approximate surface area is 197 Å². The van der Waals surface area contributed by atoms with Gasteiger partial charge in [0.25, 0.3) is 0 Å². The largest absolute Gasteiger partial charge is 0.493 e. The molecule has 6 atom stereocenters. The number of methoxy groups -OCH3 is 2. The van der Waals surface area contributed by atoms with Crippen LogP contribution in [-0.4, -0.2) is 55.5 Å². The highest BCUT2D eigenvalue weighted by molar-refractivity contribution is 5.76. The summed E-state index contributed by atoms with van der Waals surface area (Å²) in [6.45, 7) is 8.12. The highest BCUT2D eigenvalue weighted by Crippen LogP contribution is 2.54. The maximum Gasteiger partial charge on any atom is 0.311 e. The van der Waals surface area contributed by atoms with E-state index in [1.165, 1.54) is 24.8 Å². The fourth-order valence-electron chi connectivity index (χ4n) is 6.35. The van der Waals surface area contributed by atoms with E-state index in [-0.39, 0.29) is 29.3 Å². The summed E-state index contributed by atoms with van der Waals surface area (Å²) in [7, 11) is 3.25. The smallest absolute Gasteiger partial charge is 0.311 e. The van der Waals surface area contributed by atoms with Crippen LogP contribution in [0.1, 0.15) is 52.0 Å². The van der Waals surface area contributed by atoms with E-state index in [1.54, 1.807) is 21.1 Å². The maximum absolute atomic E-state index is 13.0. The van der Waals surface area contributed by atoms with Crippen LogP contribution in [0.4, 0.5) is 0 Å². The summed E-state index contributed by atoms with van der Waals surface area (Å²) in [5.41, 5.74) is 2.74. The van der Waals surface area contributed by atoms with Gasteiger partial charge < -0.3 is 19.3 Å². The minimum absolute atomic E-state index is 0.0315. The first-order valence-corrected chi connectivity index (χ1v) is 12.3. The summed E-state index contributed by atoms with van der Waals surface area (Å²) in [5.74, 6) is 1.74. The van der Waals surface area contributed by atoms with Crippen molar-refractivity contribution in [3.63, 3.8) is 0 Å². The van der Waals surface area contributed by atoms with Crippen LogP contribution in [0.25, 0.3) is 0 Å². The third-order valence-electron chi connectivity index (χ3n) is 7.91. The molecule has 1 saturated carbocycles. The molecule has 1 aliphatic heterocycles. The Hall–Kier alpha value is -2.05. The molecule has 1 aromatic carbocycles. The van der Waals surface area contributed by atoms with E-state index in [4.69, 9.17) is 14.2 Å². The van der Waals surface area contributed by atoms with Crippen molar-refractivity contribution in [3.8, 4) is 11.5 Å². The first-order chi connectivity index (χ1) is 15.7. The number of carbonyl (C=O) groups is 1. The molecular formula is C27H39NO5. The number of aliphatic hydroxyl groups excluding tert-OH is 1. The van der Waals surface area contributed by atoms with E-state index < -0.39 is 6.10 Å². The number of benzene rings is 1. The Morgan fingerprint density at radius 1 is 1.27 bits per heavy atom. The molecule has 2 unspecified atom stereocenters. The van der Waals surface area contributed by atoms with E-state index in [2.05, 4.69) is 24.8 Å². The predicted molar refractivity (Wildman–Crippen MR) is 127 cm³/mol. The molecule has 33 heavy (non-hydrogen) atoms. The van der Waals surface area contributed by atoms with Crippen LogP contribution < -0.4 is 9.47 Å². The lowest BCUT2D eigenvalue weighted by Crippen LogP contribution is -2.41. The van der Waals surface area contributed by atoms with E-state index >= 15 is 0 Å². The first-order valence-electron chi connectivity index (χ1n) is 12.3. The van der Waals surface area contributed by atoms with Crippen LogP contribution in [-0.2, 0) is 16.1 Å². The second kappa shape index (κ2) is 9.67. The highest BCUT2D eigenvalue weighted by atomic mass is 16.6. The van der Waals surface area contributed by atoms with Gasteiger partial charge in [-0.15, -0.1) is 0 Å². The fourth-order valence-corrected chi connectivity index (χ4v) is 6.35. The molecule has 0 radical (unpaired) electrons. The molecule has 4 rings (SSSR count). The number of esters is 1. The van der Waals surface area contributed by atoms with Gasteiger partial charge in [0.05, 0.1) is 26.2 Å². The van der Waals surface area contributed by atoms with Crippen molar-refractivity contribution in [1.82, 2.24) is 4.90 Å². The molecule has 1 aromatic rings. The minimum atomic E-state index is -0.496. The third kappa shape index (κ3) is 4.92. The van der Waals surface area contributed by atoms with Crippen LogP contribution in [0.3, 0.4) is 0 Å². The van der Waals surface area contributed by atoms with E-state index in [0.29, 0.717) is 37.1 Å². The van der Waals surface area contributed by atoms with Gasteiger partial charge in [0.1, 0.15) is 6.10 Å². The average molecular weight is 458 g/mol. The quantitative estimate of drug-likeness (QED) is 0.466. The number of rotatable bonds is 8. The van der Waals surface area contributed by atoms with Crippen molar-refractivity contribution in [2.45, 2.75) is 65.2 Å². The summed E-state index contributed by atoms with van der Waals surface area (Å²) >= 11 is 0. The SMILES string of the molecule is COc1ccc(CN(CC(C)O)CC2C(=O)O[C@@H]3C[C@@]4(C)CCC[C@H](C)C4=C[C@H]23)cc1OC. The van der Waals surface area contributed by atoms with Crippen LogP contribution >= 0.6 is 0 Å². The van der Waals surface area contributed by atoms with Crippen molar-refractivity contribution in [1.29, 1.82) is 0 Å². The number of hydrogen-bond acceptors (Lipinski definition) is 6. The second-order valence-corrected chi connectivity index (χ2v) is 10.6. The van der Waals surface area contributed by atoms with Crippen LogP contribution in [0, 0.1) is 23.2 Å². The zero-order valence-electron chi connectivity index (χ0n) is 20.7. The summed E-state index contributed by atoms with van der Waals surface area (Å²) in [6.07, 6.45) is 6.46. The molecule has 0 amide bonds. The molecule has 3 aliphatic rings. The Balaban J connectivity index is 1.56. The number of aliphatic hydroxyl groups is 1. The third-order valence-corrected chi connectivity index (χ3v) is 7.91. The molecule has 0 spiro atoms. The van der Waals surface area contributed by atoms with Gasteiger partial charge >= 0.3 is 5.97 Å². The first kappa shape index (κ1) is 24.1. The number of ether oxygens (including phenoxy) is 3. The van der Waals surface area contributed by atoms with Gasteiger partial charge in [-0.05, 0) is 55.2 Å². The molecule has 1 saturated heterocycles. The van der Waals surface area contributed by atoms with Gasteiger partial charge in [0.15, 0.2) is 11.5 Å². The fraction of sp³-hybridized carbons (Fsp3) is 0.667. The Morgan fingerprint density at radius 2 is 2.03 bits per heavy atom. The van der Waals surface area contributed by atoms with Crippen molar-refractivity contribution in [2.75, 3.05) is 27.3 Å². The van der Waals surface area contributed by atoms with E-state index in [1.807, 2.05) is 18.2 Å². The summed E-state index contributed by atoms with van der Waals surface area (Å²) in [6, 6.07) is 5.86. The Bertz CT molecular complexity index is 896. The van der Waals surface area contributed by atoms with Crippen LogP contribution in [0.5, 0.6) is 11.5 Å². The standard InChI is InChI=1S/C27H39NO5/c1-17-7-6-10-27(3)13-25-20(12-22(17)27)21(26(30)33-25)16-28(14-18(2)29)15-19-8-9-23(31-4)24(11-19)32-5/h8-9,11-12,17-18,20-21,25,29H,6-7,10,13-16H2,1-5H3/t17-,18?,20+,21?,25+,27+/m0/s1. The van der Waals surface area contributed by atoms with Crippen LogP contribution in [0.2, 0.25) is 0 Å². The second-order valence-electron chi connectivity index (χ2n) is 10.6. The van der Waals surface area contributed by atoms with Gasteiger partial charge in [-0.3, -0.25) is 9.69 Å². The van der Waals surface area contributed by atoms with Crippen molar-refractivity contribution >= 4 is 5.97 Å². The molecule has 1 N–H and O–H groups in total. The topological polar surface area (TPSA) is 68.2 Å². The van der Waals surface area contributed by atoms with Gasteiger partial charge in [0, 0.05) is 25.6 Å². The number of carbonyl (C=O) groups excluding carboxylic acids is 1. The summed E-state index contributed by atoms with van der Waals surface area (Å²) in [4.78, 5) is 15.2. The van der Waals surface area contributed by atoms with Gasteiger partial charge in [-0.1, -0.05) is 38.0 Å². The van der Waals surface area contributed by atoms with Gasteiger partial charge in [0.2, 0.25) is 0 Å². The lowest BCUT2D eigenvalue weighted by molar-refractivity contribution is -0.145. The zero-order valence-corrected chi connectivity index (χ0v) is 20.7. The van der Waals surface area contributed by atoms with Crippen LogP contribution in [0.15, 0.2) is 29.8 Å². The highest BCUT2D eigenvalue weighted by Gasteiger charge is 2.51. The number of nitrogens with zero attached hydrogens (tertiary/aromatic N) is 1. The minimum Gasteiger partial charge on any atom is -0.493 e. The monoisotopic (exact) mass is 457 g/mol. The van der Waals surface area contributed by atoms with E-state index in [0.717, 1.165) is 12.0 Å². The van der Waals surface area contributed by atoms with E-state index in [9.17, 15) is 9.90 Å². The maximum atomic E-state index is 13.0. The molecule has 1 heterocycles. The molecule has 6 nitrogen and oxygen atoms in total. The number of hydrogen-bond donors (Lipinski definition) is 1. The Morgan fingerprint density at radius 3 is 2.73 bits per heavy atom. The van der Waals surface area contributed by atoms with Crippen molar-refractivity contribution < 1.29 is 24.1 Å². The molecule has 0 aromatic heterocycles. The molecular weight excluding hydrogens is 418 g/mol. The van der Waals surface area contributed by atoms with Gasteiger partial charge in [-0.25, -0.2) is 0 Å². The summed E-state index contributed by atoms with van der Waals surface area (Å²) in [5, 5.41) is 10.2. The van der Waals surface area contributed by atoms with Gasteiger partial charge in [-0.2, -0.15) is 0 Å². The normalized spacial score (nSPS) is 32.0. The number of allylic oxidation sites excluding steroid dienone is 1. The molecule has 0 bridgehead atoms. The Kier molecular flexibility index (Phi) is 7.06. The average Bonchev–Trinajstić information content (AvgIpc) is 3.05. The molecule has 2 aliphatic carbocycles. The van der Waals surface area contributed by atoms with Crippen molar-refractivity contribution in [2.24, 2.45) is 23.2 Å².